The summed E-state index contributed by atoms with van der Waals surface area (Å²) < 4.78 is 0. The lowest BCUT2D eigenvalue weighted by molar-refractivity contribution is -0.131. The summed E-state index contributed by atoms with van der Waals surface area (Å²) in [6, 6.07) is 15.9. The third-order valence-electron chi connectivity index (χ3n) is 9.20. The van der Waals surface area contributed by atoms with Crippen LogP contribution < -0.4 is 15.5 Å². The minimum atomic E-state index is -0.251. The SMILES string of the molecule is CCC1(C(=O)Nc2ccc(C(=O)Nc3ccc(N4CCC(N(C)C)C4)cc3)cc2)CC2CCCC(C2)C1. The number of fused-ring (bicyclic) bond motifs is 2. The van der Waals surface area contributed by atoms with Crippen LogP contribution in [-0.2, 0) is 4.79 Å². The van der Waals surface area contributed by atoms with Crippen LogP contribution in [0.3, 0.4) is 0 Å². The highest BCUT2D eigenvalue weighted by molar-refractivity contribution is 6.05. The molecular formula is C31H42N4O2. The molecule has 37 heavy (non-hydrogen) atoms. The topological polar surface area (TPSA) is 64.7 Å². The highest BCUT2D eigenvalue weighted by Crippen LogP contribution is 2.50. The predicted molar refractivity (Wildman–Crippen MR) is 151 cm³/mol. The lowest BCUT2D eigenvalue weighted by Crippen LogP contribution is -2.44. The van der Waals surface area contributed by atoms with Crippen LogP contribution >= 0.6 is 0 Å². The Hall–Kier alpha value is -2.86. The summed E-state index contributed by atoms with van der Waals surface area (Å²) in [5, 5.41) is 6.17. The van der Waals surface area contributed by atoms with Gasteiger partial charge in [-0.05, 0) is 107 Å². The van der Waals surface area contributed by atoms with Gasteiger partial charge in [0.15, 0.2) is 0 Å². The number of hydrogen-bond donors (Lipinski definition) is 2. The van der Waals surface area contributed by atoms with Crippen LogP contribution in [0, 0.1) is 17.3 Å². The van der Waals surface area contributed by atoms with Crippen molar-refractivity contribution in [2.45, 2.75) is 64.3 Å². The molecule has 3 atom stereocenters. The van der Waals surface area contributed by atoms with Crippen molar-refractivity contribution < 1.29 is 9.59 Å². The minimum absolute atomic E-state index is 0.149. The summed E-state index contributed by atoms with van der Waals surface area (Å²) in [5.41, 5.74) is 3.05. The number of carbonyl (C=O) groups is 2. The molecule has 2 amide bonds. The number of likely N-dealkylation sites (N-methyl/N-ethyl adjacent to an activating group) is 1. The van der Waals surface area contributed by atoms with Gasteiger partial charge in [-0.1, -0.05) is 26.2 Å². The Bertz CT molecular complexity index is 1080. The highest BCUT2D eigenvalue weighted by Gasteiger charge is 2.45. The monoisotopic (exact) mass is 502 g/mol. The first-order valence-corrected chi connectivity index (χ1v) is 14.1. The number of amides is 2. The molecule has 5 rings (SSSR count). The second-order valence-corrected chi connectivity index (χ2v) is 11.8. The molecule has 2 bridgehead atoms. The van der Waals surface area contributed by atoms with E-state index >= 15 is 0 Å². The quantitative estimate of drug-likeness (QED) is 0.486. The van der Waals surface area contributed by atoms with Gasteiger partial charge >= 0.3 is 0 Å². The lowest BCUT2D eigenvalue weighted by atomic mass is 9.59. The van der Waals surface area contributed by atoms with Crippen LogP contribution in [-0.4, -0.2) is 49.9 Å². The standard InChI is InChI=1S/C31H42N4O2/c1-4-31(19-22-6-5-7-23(18-22)20-31)30(37)33-26-10-8-24(9-11-26)29(36)32-25-12-14-27(15-13-25)35-17-16-28(21-35)34(2)3/h8-15,22-23,28H,4-7,16-21H2,1-3H3,(H,32,36)(H,33,37). The first-order chi connectivity index (χ1) is 17.8. The van der Waals surface area contributed by atoms with Gasteiger partial charge in [0, 0.05) is 47.2 Å². The van der Waals surface area contributed by atoms with E-state index in [-0.39, 0.29) is 17.2 Å². The van der Waals surface area contributed by atoms with Crippen LogP contribution in [0.15, 0.2) is 48.5 Å². The summed E-state index contributed by atoms with van der Waals surface area (Å²) in [6.07, 6.45) is 9.25. The predicted octanol–water partition coefficient (Wildman–Crippen LogP) is 6.01. The summed E-state index contributed by atoms with van der Waals surface area (Å²) in [5.74, 6) is 1.40. The number of nitrogens with zero attached hydrogens (tertiary/aromatic N) is 2. The summed E-state index contributed by atoms with van der Waals surface area (Å²) >= 11 is 0. The van der Waals surface area contributed by atoms with E-state index in [9.17, 15) is 9.59 Å². The van der Waals surface area contributed by atoms with Gasteiger partial charge in [-0.2, -0.15) is 0 Å². The van der Waals surface area contributed by atoms with Gasteiger partial charge in [0.25, 0.3) is 5.91 Å². The number of nitrogens with one attached hydrogen (secondary N) is 2. The van der Waals surface area contributed by atoms with Gasteiger partial charge in [0.1, 0.15) is 0 Å². The van der Waals surface area contributed by atoms with Crippen LogP contribution in [0.5, 0.6) is 0 Å². The Morgan fingerprint density at radius 1 is 0.919 bits per heavy atom. The summed E-state index contributed by atoms with van der Waals surface area (Å²) in [4.78, 5) is 30.9. The van der Waals surface area contributed by atoms with Crippen LogP contribution in [0.1, 0.15) is 68.6 Å². The van der Waals surface area contributed by atoms with Gasteiger partial charge in [0.05, 0.1) is 0 Å². The van der Waals surface area contributed by atoms with E-state index in [1.807, 2.05) is 24.3 Å². The molecule has 3 fully saturated rings. The lowest BCUT2D eigenvalue weighted by Gasteiger charge is -2.46. The Morgan fingerprint density at radius 3 is 2.14 bits per heavy atom. The molecule has 198 valence electrons. The van der Waals surface area contributed by atoms with Crippen LogP contribution in [0.4, 0.5) is 17.1 Å². The Kier molecular flexibility index (Phi) is 7.57. The van der Waals surface area contributed by atoms with E-state index in [4.69, 9.17) is 0 Å². The van der Waals surface area contributed by atoms with Gasteiger partial charge in [-0.25, -0.2) is 0 Å². The van der Waals surface area contributed by atoms with Crippen molar-refractivity contribution in [2.24, 2.45) is 17.3 Å². The van der Waals surface area contributed by atoms with Crippen LogP contribution in [0.25, 0.3) is 0 Å². The van der Waals surface area contributed by atoms with Crippen LogP contribution in [0.2, 0.25) is 0 Å². The second kappa shape index (κ2) is 10.9. The Balaban J connectivity index is 1.17. The third-order valence-corrected chi connectivity index (χ3v) is 9.20. The average molecular weight is 503 g/mol. The molecule has 2 N–H and O–H groups in total. The molecule has 1 heterocycles. The van der Waals surface area contributed by atoms with E-state index in [0.29, 0.717) is 23.4 Å². The molecular weight excluding hydrogens is 460 g/mol. The number of benzene rings is 2. The average Bonchev–Trinajstić information content (AvgIpc) is 3.40. The number of rotatable bonds is 7. The maximum Gasteiger partial charge on any atom is 0.255 e. The number of anilines is 3. The van der Waals surface area contributed by atoms with Gasteiger partial charge < -0.3 is 20.4 Å². The molecule has 3 aliphatic rings. The molecule has 0 radical (unpaired) electrons. The zero-order valence-corrected chi connectivity index (χ0v) is 22.6. The van der Waals surface area contributed by atoms with Crippen molar-refractivity contribution in [3.8, 4) is 0 Å². The van der Waals surface area contributed by atoms with Crippen molar-refractivity contribution in [1.29, 1.82) is 0 Å². The number of carbonyl (C=O) groups excluding carboxylic acids is 2. The maximum absolute atomic E-state index is 13.4. The molecule has 6 heteroatoms. The molecule has 6 nitrogen and oxygen atoms in total. The van der Waals surface area contributed by atoms with Gasteiger partial charge in [-0.3, -0.25) is 9.59 Å². The first-order valence-electron chi connectivity index (χ1n) is 14.1. The fourth-order valence-electron chi connectivity index (χ4n) is 6.92. The third kappa shape index (κ3) is 5.69. The normalized spacial score (nSPS) is 27.2. The Morgan fingerprint density at radius 2 is 1.54 bits per heavy atom. The molecule has 2 aliphatic carbocycles. The van der Waals surface area contributed by atoms with Gasteiger partial charge in [0.2, 0.25) is 5.91 Å². The zero-order chi connectivity index (χ0) is 26.0. The molecule has 2 saturated carbocycles. The fraction of sp³-hybridized carbons (Fsp3) is 0.548. The number of hydrogen-bond acceptors (Lipinski definition) is 4. The maximum atomic E-state index is 13.4. The van der Waals surface area contributed by atoms with E-state index in [1.54, 1.807) is 12.1 Å². The van der Waals surface area contributed by atoms with E-state index in [0.717, 1.165) is 43.7 Å². The largest absolute Gasteiger partial charge is 0.370 e. The van der Waals surface area contributed by atoms with E-state index in [1.165, 1.54) is 37.8 Å². The molecule has 2 aromatic rings. The molecule has 1 saturated heterocycles. The van der Waals surface area contributed by atoms with Crippen molar-refractivity contribution in [3.63, 3.8) is 0 Å². The van der Waals surface area contributed by atoms with Gasteiger partial charge in [-0.15, -0.1) is 0 Å². The first kappa shape index (κ1) is 25.8. The minimum Gasteiger partial charge on any atom is -0.370 e. The molecule has 0 aromatic heterocycles. The Labute approximate surface area is 221 Å². The summed E-state index contributed by atoms with van der Waals surface area (Å²) in [7, 11) is 4.27. The molecule has 1 aliphatic heterocycles. The van der Waals surface area contributed by atoms with Crippen molar-refractivity contribution in [3.05, 3.63) is 54.1 Å². The highest BCUT2D eigenvalue weighted by atomic mass is 16.2. The second-order valence-electron chi connectivity index (χ2n) is 11.8. The van der Waals surface area contributed by atoms with Crippen molar-refractivity contribution >= 4 is 28.9 Å². The smallest absolute Gasteiger partial charge is 0.255 e. The fourth-order valence-corrected chi connectivity index (χ4v) is 6.92. The molecule has 2 aromatic carbocycles. The molecule has 0 spiro atoms. The summed E-state index contributed by atoms with van der Waals surface area (Å²) in [6.45, 7) is 4.24. The van der Waals surface area contributed by atoms with E-state index in [2.05, 4.69) is 53.6 Å². The van der Waals surface area contributed by atoms with E-state index < -0.39 is 0 Å². The van der Waals surface area contributed by atoms with Crippen molar-refractivity contribution in [1.82, 2.24) is 4.90 Å². The molecule has 3 unspecified atom stereocenters. The zero-order valence-electron chi connectivity index (χ0n) is 22.6. The van der Waals surface area contributed by atoms with Crippen molar-refractivity contribution in [2.75, 3.05) is 42.7 Å².